The number of ether oxygens (including phenoxy) is 1. The molecule has 2 N–H and O–H groups in total. The van der Waals surface area contributed by atoms with E-state index in [2.05, 4.69) is 17.6 Å². The van der Waals surface area contributed by atoms with E-state index in [1.807, 2.05) is 0 Å². The van der Waals surface area contributed by atoms with Gasteiger partial charge in [0.05, 0.1) is 5.00 Å². The molecule has 26 heavy (non-hydrogen) atoms. The molecule has 3 unspecified atom stereocenters. The molecule has 3 atom stereocenters. The maximum Gasteiger partial charge on any atom is 0.349 e. The average molecular weight is 378 g/mol. The number of amides is 2. The third-order valence-electron chi connectivity index (χ3n) is 5.09. The maximum absolute atomic E-state index is 12.3. The number of hydrogen-bond donors (Lipinski definition) is 2. The highest BCUT2D eigenvalue weighted by Gasteiger charge is 2.30. The van der Waals surface area contributed by atoms with E-state index in [0.717, 1.165) is 32.1 Å². The number of nitrogens with one attached hydrogen (secondary N) is 2. The first kappa shape index (κ1) is 18.9. The summed E-state index contributed by atoms with van der Waals surface area (Å²) in [6, 6.07) is 3.46. The van der Waals surface area contributed by atoms with E-state index in [1.54, 1.807) is 19.1 Å². The van der Waals surface area contributed by atoms with Crippen molar-refractivity contribution in [1.29, 1.82) is 0 Å². The fraction of sp³-hybridized carbons (Fsp3) is 0.632. The monoisotopic (exact) mass is 378 g/mol. The molecule has 0 saturated heterocycles. The second kappa shape index (κ2) is 8.20. The van der Waals surface area contributed by atoms with Crippen LogP contribution in [0.5, 0.6) is 0 Å². The summed E-state index contributed by atoms with van der Waals surface area (Å²) < 4.78 is 5.30. The summed E-state index contributed by atoms with van der Waals surface area (Å²) >= 11 is 1.17. The molecular formula is C19H26N2O4S. The van der Waals surface area contributed by atoms with Crippen molar-refractivity contribution in [2.75, 3.05) is 5.32 Å². The molecule has 142 valence electrons. The zero-order valence-corrected chi connectivity index (χ0v) is 16.1. The van der Waals surface area contributed by atoms with Crippen LogP contribution in [0.15, 0.2) is 12.1 Å². The fourth-order valence-electron chi connectivity index (χ4n) is 3.19. The summed E-state index contributed by atoms with van der Waals surface area (Å²) in [5.41, 5.74) is 0. The van der Waals surface area contributed by atoms with E-state index in [4.69, 9.17) is 4.74 Å². The zero-order valence-electron chi connectivity index (χ0n) is 15.2. The molecular weight excluding hydrogens is 352 g/mol. The molecule has 2 saturated carbocycles. The highest BCUT2D eigenvalue weighted by Crippen LogP contribution is 2.32. The minimum Gasteiger partial charge on any atom is -0.448 e. The molecule has 3 rings (SSSR count). The van der Waals surface area contributed by atoms with Crippen LogP contribution in [0.25, 0.3) is 0 Å². The molecule has 0 aromatic carbocycles. The van der Waals surface area contributed by atoms with Crippen molar-refractivity contribution in [3.05, 3.63) is 17.0 Å². The van der Waals surface area contributed by atoms with E-state index < -0.39 is 12.1 Å². The Bertz CT molecular complexity index is 683. The highest BCUT2D eigenvalue weighted by atomic mass is 32.1. The number of carbonyl (C=O) groups is 3. The van der Waals surface area contributed by atoms with Gasteiger partial charge in [-0.2, -0.15) is 0 Å². The van der Waals surface area contributed by atoms with Crippen LogP contribution in [0.3, 0.4) is 0 Å². The standard InChI is InChI=1S/C19H26N2O4S/c1-11-5-3-4-6-14(11)20-17(22)12(2)25-19(24)15-9-10-16(26-15)21-18(23)13-7-8-13/h9-14H,3-8H2,1-2H3,(H,20,22)(H,21,23). The Morgan fingerprint density at radius 3 is 2.58 bits per heavy atom. The van der Waals surface area contributed by atoms with E-state index in [0.29, 0.717) is 15.8 Å². The van der Waals surface area contributed by atoms with Gasteiger partial charge in [0.1, 0.15) is 4.88 Å². The van der Waals surface area contributed by atoms with Crippen LogP contribution in [0.2, 0.25) is 0 Å². The molecule has 2 fully saturated rings. The van der Waals surface area contributed by atoms with Crippen LogP contribution in [-0.2, 0) is 14.3 Å². The Morgan fingerprint density at radius 2 is 1.88 bits per heavy atom. The van der Waals surface area contributed by atoms with Gasteiger partial charge < -0.3 is 15.4 Å². The smallest absolute Gasteiger partial charge is 0.349 e. The van der Waals surface area contributed by atoms with E-state index in [1.165, 1.54) is 17.8 Å². The lowest BCUT2D eigenvalue weighted by molar-refractivity contribution is -0.130. The normalized spacial score (nSPS) is 23.8. The molecule has 1 heterocycles. The second-order valence-corrected chi connectivity index (χ2v) is 8.44. The predicted molar refractivity (Wildman–Crippen MR) is 100 cm³/mol. The van der Waals surface area contributed by atoms with Crippen LogP contribution >= 0.6 is 11.3 Å². The van der Waals surface area contributed by atoms with Crippen LogP contribution in [0.1, 0.15) is 62.0 Å². The topological polar surface area (TPSA) is 84.5 Å². The summed E-state index contributed by atoms with van der Waals surface area (Å²) in [5.74, 6) is -0.234. The molecule has 1 aromatic heterocycles. The van der Waals surface area contributed by atoms with Crippen LogP contribution in [-0.4, -0.2) is 29.9 Å². The second-order valence-electron chi connectivity index (χ2n) is 7.35. The summed E-state index contributed by atoms with van der Waals surface area (Å²) in [6.07, 6.45) is 5.43. The Balaban J connectivity index is 1.49. The van der Waals surface area contributed by atoms with Crippen molar-refractivity contribution in [2.24, 2.45) is 11.8 Å². The molecule has 2 aliphatic rings. The minimum atomic E-state index is -0.844. The molecule has 0 spiro atoms. The number of carbonyl (C=O) groups excluding carboxylic acids is 3. The largest absolute Gasteiger partial charge is 0.448 e. The van der Waals surface area contributed by atoms with Gasteiger partial charge in [0.25, 0.3) is 5.91 Å². The number of rotatable bonds is 6. The van der Waals surface area contributed by atoms with Gasteiger partial charge >= 0.3 is 5.97 Å². The van der Waals surface area contributed by atoms with Gasteiger partial charge in [0, 0.05) is 12.0 Å². The molecule has 6 nitrogen and oxygen atoms in total. The predicted octanol–water partition coefficient (Wildman–Crippen LogP) is 3.34. The van der Waals surface area contributed by atoms with Crippen molar-refractivity contribution >= 4 is 34.1 Å². The first-order valence-corrected chi connectivity index (χ1v) is 10.2. The molecule has 1 aromatic rings. The van der Waals surface area contributed by atoms with E-state index >= 15 is 0 Å². The quantitative estimate of drug-likeness (QED) is 0.744. The number of esters is 1. The van der Waals surface area contributed by atoms with Crippen molar-refractivity contribution in [1.82, 2.24) is 5.32 Å². The molecule has 0 aliphatic heterocycles. The van der Waals surface area contributed by atoms with Gasteiger partial charge in [-0.15, -0.1) is 11.3 Å². The van der Waals surface area contributed by atoms with Gasteiger partial charge in [0.2, 0.25) is 5.91 Å². The number of hydrogen-bond acceptors (Lipinski definition) is 5. The van der Waals surface area contributed by atoms with Crippen molar-refractivity contribution in [2.45, 2.75) is 64.5 Å². The van der Waals surface area contributed by atoms with Crippen molar-refractivity contribution in [3.8, 4) is 0 Å². The first-order valence-electron chi connectivity index (χ1n) is 9.36. The maximum atomic E-state index is 12.3. The lowest BCUT2D eigenvalue weighted by Crippen LogP contribution is -2.45. The minimum absolute atomic E-state index is 0.00103. The van der Waals surface area contributed by atoms with Crippen LogP contribution < -0.4 is 10.6 Å². The van der Waals surface area contributed by atoms with Gasteiger partial charge in [-0.05, 0) is 50.7 Å². The van der Waals surface area contributed by atoms with Gasteiger partial charge in [-0.25, -0.2) is 4.79 Å². The molecule has 2 aliphatic carbocycles. The first-order chi connectivity index (χ1) is 12.4. The molecule has 7 heteroatoms. The van der Waals surface area contributed by atoms with Crippen LogP contribution in [0.4, 0.5) is 5.00 Å². The van der Waals surface area contributed by atoms with Gasteiger partial charge in [0.15, 0.2) is 6.10 Å². The van der Waals surface area contributed by atoms with Crippen molar-refractivity contribution < 1.29 is 19.1 Å². The van der Waals surface area contributed by atoms with Crippen molar-refractivity contribution in [3.63, 3.8) is 0 Å². The van der Waals surface area contributed by atoms with Crippen LogP contribution in [0, 0.1) is 11.8 Å². The molecule has 0 bridgehead atoms. The summed E-state index contributed by atoms with van der Waals surface area (Å²) in [6.45, 7) is 3.73. The fourth-order valence-corrected chi connectivity index (χ4v) is 3.98. The zero-order chi connectivity index (χ0) is 18.7. The van der Waals surface area contributed by atoms with Gasteiger partial charge in [-0.1, -0.05) is 19.8 Å². The SMILES string of the molecule is CC(OC(=O)c1ccc(NC(=O)C2CC2)s1)C(=O)NC1CCCCC1C. The highest BCUT2D eigenvalue weighted by molar-refractivity contribution is 7.18. The summed E-state index contributed by atoms with van der Waals surface area (Å²) in [5, 5.41) is 6.44. The third kappa shape index (κ3) is 4.84. The number of anilines is 1. The summed E-state index contributed by atoms with van der Waals surface area (Å²) in [7, 11) is 0. The third-order valence-corrected chi connectivity index (χ3v) is 6.07. The molecule has 2 amide bonds. The van der Waals surface area contributed by atoms with Gasteiger partial charge in [-0.3, -0.25) is 9.59 Å². The Labute approximate surface area is 157 Å². The lowest BCUT2D eigenvalue weighted by Gasteiger charge is -2.30. The van der Waals surface area contributed by atoms with E-state index in [-0.39, 0.29) is 23.8 Å². The summed E-state index contributed by atoms with van der Waals surface area (Å²) in [4.78, 5) is 36.7. The lowest BCUT2D eigenvalue weighted by atomic mass is 9.86. The average Bonchev–Trinajstić information content (AvgIpc) is 3.36. The Kier molecular flexibility index (Phi) is 5.96. The number of thiophene rings is 1. The Hall–Kier alpha value is -1.89. The van der Waals surface area contributed by atoms with E-state index in [9.17, 15) is 14.4 Å². The molecule has 0 radical (unpaired) electrons. The Morgan fingerprint density at radius 1 is 1.15 bits per heavy atom.